The number of rotatable bonds is 6. The minimum atomic E-state index is -0.250. The maximum absolute atomic E-state index is 12.5. The van der Waals surface area contributed by atoms with Gasteiger partial charge in [0.15, 0.2) is 28.3 Å². The third kappa shape index (κ3) is 3.65. The zero-order valence-corrected chi connectivity index (χ0v) is 15.9. The van der Waals surface area contributed by atoms with Crippen LogP contribution >= 0.6 is 11.3 Å². The molecule has 2 N–H and O–H groups in total. The first-order valence-electron chi connectivity index (χ1n) is 8.69. The predicted octanol–water partition coefficient (Wildman–Crippen LogP) is 2.76. The first-order chi connectivity index (χ1) is 13.1. The lowest BCUT2D eigenvalue weighted by Gasteiger charge is -2.19. The number of fused-ring (bicyclic) bond motifs is 1. The van der Waals surface area contributed by atoms with Gasteiger partial charge in [-0.25, -0.2) is 4.98 Å². The number of para-hydroxylation sites is 1. The quantitative estimate of drug-likeness (QED) is 0.538. The summed E-state index contributed by atoms with van der Waals surface area (Å²) in [4.78, 5) is 18.2. The van der Waals surface area contributed by atoms with Gasteiger partial charge in [0.1, 0.15) is 0 Å². The van der Waals surface area contributed by atoms with Gasteiger partial charge < -0.3 is 19.1 Å². The highest BCUT2D eigenvalue weighted by Crippen LogP contribution is 2.31. The van der Waals surface area contributed by atoms with Crippen LogP contribution in [-0.4, -0.2) is 31.5 Å². The normalized spacial score (nSPS) is 12.6. The molecular formula is C20H20N3O3S+. The minimum Gasteiger partial charge on any atom is -0.463 e. The molecule has 27 heavy (non-hydrogen) atoms. The molecule has 0 bridgehead atoms. The Kier molecular flexibility index (Phi) is 4.79. The van der Waals surface area contributed by atoms with E-state index in [9.17, 15) is 4.79 Å². The fourth-order valence-electron chi connectivity index (χ4n) is 2.91. The Morgan fingerprint density at radius 3 is 2.78 bits per heavy atom. The van der Waals surface area contributed by atoms with Gasteiger partial charge in [0.25, 0.3) is 5.91 Å². The molecule has 0 aliphatic heterocycles. The molecule has 7 heteroatoms. The van der Waals surface area contributed by atoms with Crippen molar-refractivity contribution in [1.29, 1.82) is 0 Å². The number of quaternary nitrogens is 1. The van der Waals surface area contributed by atoms with E-state index in [0.29, 0.717) is 12.3 Å². The van der Waals surface area contributed by atoms with Crippen molar-refractivity contribution in [3.8, 4) is 10.8 Å². The van der Waals surface area contributed by atoms with Crippen LogP contribution in [0.4, 0.5) is 0 Å². The van der Waals surface area contributed by atoms with Crippen LogP contribution in [0.3, 0.4) is 0 Å². The largest absolute Gasteiger partial charge is 0.463 e. The highest BCUT2D eigenvalue weighted by atomic mass is 32.1. The lowest BCUT2D eigenvalue weighted by molar-refractivity contribution is -0.891. The molecule has 0 saturated carbocycles. The lowest BCUT2D eigenvalue weighted by Crippen LogP contribution is -3.07. The molecule has 4 aromatic rings. The Morgan fingerprint density at radius 2 is 2.04 bits per heavy atom. The van der Waals surface area contributed by atoms with Crippen LogP contribution < -0.4 is 10.2 Å². The highest BCUT2D eigenvalue weighted by molar-refractivity contribution is 7.21. The zero-order valence-electron chi connectivity index (χ0n) is 15.1. The summed E-state index contributed by atoms with van der Waals surface area (Å²) < 4.78 is 12.3. The molecule has 1 atom stereocenters. The van der Waals surface area contributed by atoms with Crippen molar-refractivity contribution < 1.29 is 18.5 Å². The fourth-order valence-corrected chi connectivity index (χ4v) is 3.84. The number of carbonyl (C=O) groups is 1. The Balaban J connectivity index is 1.47. The van der Waals surface area contributed by atoms with Gasteiger partial charge >= 0.3 is 0 Å². The van der Waals surface area contributed by atoms with Crippen LogP contribution in [0.15, 0.2) is 63.6 Å². The number of carbonyl (C=O) groups excluding carboxylic acids is 1. The maximum atomic E-state index is 12.5. The molecule has 4 rings (SSSR count). The van der Waals surface area contributed by atoms with Gasteiger partial charge in [0, 0.05) is 0 Å². The monoisotopic (exact) mass is 382 g/mol. The van der Waals surface area contributed by atoms with E-state index in [-0.39, 0.29) is 17.7 Å². The summed E-state index contributed by atoms with van der Waals surface area (Å²) in [5.41, 5.74) is 0.926. The molecule has 0 aliphatic rings. The number of thiazole rings is 1. The molecule has 1 amide bonds. The number of benzene rings is 1. The summed E-state index contributed by atoms with van der Waals surface area (Å²) in [5.74, 6) is 1.46. The van der Waals surface area contributed by atoms with Crippen LogP contribution in [-0.2, 0) is 0 Å². The molecule has 138 valence electrons. The van der Waals surface area contributed by atoms with Crippen molar-refractivity contribution in [2.24, 2.45) is 0 Å². The van der Waals surface area contributed by atoms with Crippen LogP contribution in [0.5, 0.6) is 0 Å². The van der Waals surface area contributed by atoms with Crippen LogP contribution in [0.25, 0.3) is 21.0 Å². The summed E-state index contributed by atoms with van der Waals surface area (Å²) in [6.45, 7) is 0.450. The summed E-state index contributed by atoms with van der Waals surface area (Å²) in [6, 6.07) is 15.2. The third-order valence-corrected chi connectivity index (χ3v) is 5.44. The Morgan fingerprint density at radius 1 is 1.19 bits per heavy atom. The van der Waals surface area contributed by atoms with Gasteiger partial charge in [-0.1, -0.05) is 12.1 Å². The molecule has 1 aromatic carbocycles. The Labute approximate surface area is 160 Å². The van der Waals surface area contributed by atoms with Crippen molar-refractivity contribution in [1.82, 2.24) is 10.3 Å². The van der Waals surface area contributed by atoms with E-state index in [1.54, 1.807) is 29.7 Å². The van der Waals surface area contributed by atoms with E-state index in [1.165, 1.54) is 4.90 Å². The number of hydrogen-bond acceptors (Lipinski definition) is 5. The topological polar surface area (TPSA) is 72.7 Å². The Bertz CT molecular complexity index is 1020. The third-order valence-electron chi connectivity index (χ3n) is 4.38. The van der Waals surface area contributed by atoms with Gasteiger partial charge in [-0.15, -0.1) is 11.3 Å². The van der Waals surface area contributed by atoms with Crippen LogP contribution in [0.2, 0.25) is 0 Å². The second kappa shape index (κ2) is 7.38. The van der Waals surface area contributed by atoms with Crippen molar-refractivity contribution in [2.45, 2.75) is 6.04 Å². The van der Waals surface area contributed by atoms with Gasteiger partial charge in [-0.3, -0.25) is 4.79 Å². The molecule has 3 aromatic heterocycles. The number of amides is 1. The SMILES string of the molecule is C[NH+](C)[C@@H](CNC(=O)c1ccc(-c2nc3ccccc3s2)o1)c1ccco1. The van der Waals surface area contributed by atoms with Gasteiger partial charge in [-0.05, 0) is 36.4 Å². The highest BCUT2D eigenvalue weighted by Gasteiger charge is 2.23. The standard InChI is InChI=1S/C20H19N3O3S/c1-23(2)14(15-7-5-11-25-15)12-21-19(24)16-9-10-17(26-16)20-22-13-6-3-4-8-18(13)27-20/h3-11,14H,12H2,1-2H3,(H,21,24)/p+1/t14-/m0/s1. The van der Waals surface area contributed by atoms with Crippen molar-refractivity contribution in [3.63, 3.8) is 0 Å². The fraction of sp³-hybridized carbons (Fsp3) is 0.200. The van der Waals surface area contributed by atoms with Crippen LogP contribution in [0.1, 0.15) is 22.4 Å². The van der Waals surface area contributed by atoms with E-state index >= 15 is 0 Å². The van der Waals surface area contributed by atoms with E-state index in [1.807, 2.05) is 50.5 Å². The molecule has 0 spiro atoms. The average Bonchev–Trinajstić information content (AvgIpc) is 3.40. The lowest BCUT2D eigenvalue weighted by atomic mass is 10.2. The number of nitrogens with one attached hydrogen (secondary N) is 2. The molecular weight excluding hydrogens is 362 g/mol. The minimum absolute atomic E-state index is 0.0302. The molecule has 0 saturated heterocycles. The molecule has 3 heterocycles. The second-order valence-electron chi connectivity index (χ2n) is 6.51. The molecule has 0 radical (unpaired) electrons. The van der Waals surface area contributed by atoms with Crippen molar-refractivity contribution in [2.75, 3.05) is 20.6 Å². The number of likely N-dealkylation sites (N-methyl/N-ethyl adjacent to an activating group) is 1. The van der Waals surface area contributed by atoms with Crippen molar-refractivity contribution >= 4 is 27.5 Å². The van der Waals surface area contributed by atoms with E-state index in [2.05, 4.69) is 10.3 Å². The van der Waals surface area contributed by atoms with Gasteiger partial charge in [0.05, 0.1) is 37.1 Å². The second-order valence-corrected chi connectivity index (χ2v) is 7.54. The number of hydrogen-bond donors (Lipinski definition) is 2. The molecule has 0 fully saturated rings. The summed E-state index contributed by atoms with van der Waals surface area (Å²) in [6.07, 6.45) is 1.64. The summed E-state index contributed by atoms with van der Waals surface area (Å²) in [5, 5.41) is 3.69. The van der Waals surface area contributed by atoms with Crippen molar-refractivity contribution in [3.05, 3.63) is 66.3 Å². The predicted molar refractivity (Wildman–Crippen MR) is 104 cm³/mol. The van der Waals surface area contributed by atoms with Gasteiger partial charge in [-0.2, -0.15) is 0 Å². The molecule has 0 unspecified atom stereocenters. The van der Waals surface area contributed by atoms with E-state index in [4.69, 9.17) is 8.83 Å². The smallest absolute Gasteiger partial charge is 0.287 e. The van der Waals surface area contributed by atoms with E-state index in [0.717, 1.165) is 21.0 Å². The summed E-state index contributed by atoms with van der Waals surface area (Å²) >= 11 is 1.54. The summed E-state index contributed by atoms with van der Waals surface area (Å²) in [7, 11) is 4.05. The maximum Gasteiger partial charge on any atom is 0.287 e. The molecule has 6 nitrogen and oxygen atoms in total. The Hall–Kier alpha value is -2.90. The van der Waals surface area contributed by atoms with E-state index < -0.39 is 0 Å². The number of nitrogens with zero attached hydrogens (tertiary/aromatic N) is 1. The zero-order chi connectivity index (χ0) is 18.8. The van der Waals surface area contributed by atoms with Gasteiger partial charge in [0.2, 0.25) is 0 Å². The number of aromatic nitrogens is 1. The number of furan rings is 2. The average molecular weight is 382 g/mol. The first-order valence-corrected chi connectivity index (χ1v) is 9.51. The molecule has 0 aliphatic carbocycles. The van der Waals surface area contributed by atoms with Crippen LogP contribution in [0, 0.1) is 0 Å². The first kappa shape index (κ1) is 17.5.